The highest BCUT2D eigenvalue weighted by atomic mass is 32.2. The van der Waals surface area contributed by atoms with Crippen molar-refractivity contribution in [3.63, 3.8) is 0 Å². The topological polar surface area (TPSA) is 92.5 Å². The minimum atomic E-state index is -3.64. The molecule has 3 N–H and O–H groups in total. The number of hydrogen-bond acceptors (Lipinski definition) is 4. The van der Waals surface area contributed by atoms with E-state index in [1.807, 2.05) is 43.3 Å². The van der Waals surface area contributed by atoms with Gasteiger partial charge in [0.2, 0.25) is 15.9 Å². The summed E-state index contributed by atoms with van der Waals surface area (Å²) in [5, 5.41) is 0. The highest BCUT2D eigenvalue weighted by Gasteiger charge is 2.14. The molecule has 0 aliphatic rings. The number of benzene rings is 2. The molecule has 0 atom stereocenters. The zero-order valence-corrected chi connectivity index (χ0v) is 13.8. The van der Waals surface area contributed by atoms with Gasteiger partial charge in [0, 0.05) is 31.9 Å². The van der Waals surface area contributed by atoms with Crippen LogP contribution in [-0.2, 0) is 16.6 Å². The highest BCUT2D eigenvalue weighted by Crippen LogP contribution is 2.14. The Labute approximate surface area is 136 Å². The molecule has 7 heteroatoms. The lowest BCUT2D eigenvalue weighted by Crippen LogP contribution is -2.23. The van der Waals surface area contributed by atoms with Crippen LogP contribution in [0.5, 0.6) is 0 Å². The fourth-order valence-corrected chi connectivity index (χ4v) is 2.99. The number of nitrogens with one attached hydrogen (secondary N) is 1. The number of primary amides is 1. The van der Waals surface area contributed by atoms with Gasteiger partial charge in [0.1, 0.15) is 0 Å². The molecule has 0 aliphatic heterocycles. The summed E-state index contributed by atoms with van der Waals surface area (Å²) in [5.74, 6) is -0.595. The Kier molecular flexibility index (Phi) is 5.02. The molecule has 0 unspecified atom stereocenters. The number of sulfonamides is 1. The number of amides is 1. The van der Waals surface area contributed by atoms with Crippen LogP contribution in [0.4, 0.5) is 5.69 Å². The lowest BCUT2D eigenvalue weighted by molar-refractivity contribution is 0.1000. The monoisotopic (exact) mass is 333 g/mol. The minimum Gasteiger partial charge on any atom is -0.378 e. The van der Waals surface area contributed by atoms with Crippen molar-refractivity contribution in [1.29, 1.82) is 0 Å². The van der Waals surface area contributed by atoms with Gasteiger partial charge >= 0.3 is 0 Å². The summed E-state index contributed by atoms with van der Waals surface area (Å²) in [6, 6.07) is 13.1. The van der Waals surface area contributed by atoms with Crippen molar-refractivity contribution in [2.75, 3.05) is 19.0 Å². The molecule has 2 rings (SSSR count). The van der Waals surface area contributed by atoms with Crippen LogP contribution in [0.2, 0.25) is 0 Å². The number of nitrogens with two attached hydrogens (primary N) is 1. The van der Waals surface area contributed by atoms with Crippen molar-refractivity contribution in [3.05, 3.63) is 59.7 Å². The molecule has 23 heavy (non-hydrogen) atoms. The van der Waals surface area contributed by atoms with E-state index in [2.05, 4.69) is 4.72 Å². The summed E-state index contributed by atoms with van der Waals surface area (Å²) in [7, 11) is 0.236. The van der Waals surface area contributed by atoms with Crippen molar-refractivity contribution in [1.82, 2.24) is 4.72 Å². The van der Waals surface area contributed by atoms with Crippen LogP contribution in [0.25, 0.3) is 0 Å². The van der Waals surface area contributed by atoms with Gasteiger partial charge in [-0.05, 0) is 42.0 Å². The highest BCUT2D eigenvalue weighted by molar-refractivity contribution is 7.89. The lowest BCUT2D eigenvalue weighted by Gasteiger charge is -2.13. The van der Waals surface area contributed by atoms with Crippen LogP contribution in [0.3, 0.4) is 0 Å². The van der Waals surface area contributed by atoms with E-state index < -0.39 is 15.9 Å². The molecule has 0 aromatic heterocycles. The molecule has 0 heterocycles. The summed E-state index contributed by atoms with van der Waals surface area (Å²) in [4.78, 5) is 13.1. The number of carbonyl (C=O) groups is 1. The van der Waals surface area contributed by atoms with Crippen molar-refractivity contribution in [2.24, 2.45) is 5.73 Å². The number of anilines is 1. The maximum absolute atomic E-state index is 12.2. The third kappa shape index (κ3) is 4.30. The van der Waals surface area contributed by atoms with E-state index in [1.54, 1.807) is 0 Å². The van der Waals surface area contributed by atoms with Crippen LogP contribution < -0.4 is 15.4 Å². The molecular formula is C16H19N3O3S. The Morgan fingerprint density at radius 2 is 1.61 bits per heavy atom. The van der Waals surface area contributed by atoms with Gasteiger partial charge in [0.05, 0.1) is 4.90 Å². The average Bonchev–Trinajstić information content (AvgIpc) is 2.53. The van der Waals surface area contributed by atoms with Gasteiger partial charge < -0.3 is 10.6 Å². The molecule has 0 bridgehead atoms. The summed E-state index contributed by atoms with van der Waals surface area (Å²) in [5.41, 5.74) is 7.30. The molecule has 6 nitrogen and oxygen atoms in total. The Balaban J connectivity index is 2.07. The second-order valence-corrected chi connectivity index (χ2v) is 7.04. The molecule has 0 saturated carbocycles. The Bertz CT molecular complexity index is 782. The maximum Gasteiger partial charge on any atom is 0.248 e. The van der Waals surface area contributed by atoms with Crippen molar-refractivity contribution in [2.45, 2.75) is 11.4 Å². The third-order valence-electron chi connectivity index (χ3n) is 3.37. The molecule has 1 amide bonds. The molecular weight excluding hydrogens is 314 g/mol. The van der Waals surface area contributed by atoms with Crippen molar-refractivity contribution < 1.29 is 13.2 Å². The van der Waals surface area contributed by atoms with E-state index >= 15 is 0 Å². The normalized spacial score (nSPS) is 11.2. The molecule has 0 fully saturated rings. The second-order valence-electron chi connectivity index (χ2n) is 5.27. The zero-order chi connectivity index (χ0) is 17.0. The predicted octanol–water partition coefficient (Wildman–Crippen LogP) is 1.33. The second kappa shape index (κ2) is 6.80. The van der Waals surface area contributed by atoms with E-state index in [0.717, 1.165) is 11.3 Å². The van der Waals surface area contributed by atoms with Crippen LogP contribution in [0.1, 0.15) is 15.9 Å². The fraction of sp³-hybridized carbons (Fsp3) is 0.188. The smallest absolute Gasteiger partial charge is 0.248 e. The molecule has 2 aromatic rings. The molecule has 122 valence electrons. The van der Waals surface area contributed by atoms with Gasteiger partial charge in [-0.3, -0.25) is 4.79 Å². The van der Waals surface area contributed by atoms with Crippen LogP contribution >= 0.6 is 0 Å². The van der Waals surface area contributed by atoms with Crippen LogP contribution in [0, 0.1) is 0 Å². The third-order valence-corrected chi connectivity index (χ3v) is 4.79. The van der Waals surface area contributed by atoms with Crippen LogP contribution in [-0.4, -0.2) is 28.4 Å². The zero-order valence-electron chi connectivity index (χ0n) is 13.0. The first kappa shape index (κ1) is 17.0. The largest absolute Gasteiger partial charge is 0.378 e. The standard InChI is InChI=1S/C16H19N3O3S/c1-19(2)14-7-3-12(4-8-14)11-18-23(21,22)15-9-5-13(6-10-15)16(17)20/h3-10,18H,11H2,1-2H3,(H2,17,20). The number of carbonyl (C=O) groups excluding carboxylic acids is 1. The first-order chi connectivity index (χ1) is 10.8. The molecule has 0 spiro atoms. The summed E-state index contributed by atoms with van der Waals surface area (Å²) in [6.07, 6.45) is 0. The maximum atomic E-state index is 12.2. The van der Waals surface area contributed by atoms with E-state index in [9.17, 15) is 13.2 Å². The number of hydrogen-bond donors (Lipinski definition) is 2. The first-order valence-corrected chi connectivity index (χ1v) is 8.44. The van der Waals surface area contributed by atoms with E-state index in [-0.39, 0.29) is 17.0 Å². The molecule has 0 radical (unpaired) electrons. The van der Waals surface area contributed by atoms with Gasteiger partial charge in [0.15, 0.2) is 0 Å². The van der Waals surface area contributed by atoms with E-state index in [4.69, 9.17) is 5.73 Å². The van der Waals surface area contributed by atoms with Crippen LogP contribution in [0.15, 0.2) is 53.4 Å². The van der Waals surface area contributed by atoms with E-state index in [1.165, 1.54) is 24.3 Å². The van der Waals surface area contributed by atoms with Gasteiger partial charge in [-0.25, -0.2) is 13.1 Å². The molecule has 0 saturated heterocycles. The lowest BCUT2D eigenvalue weighted by atomic mass is 10.2. The number of rotatable bonds is 6. The predicted molar refractivity (Wildman–Crippen MR) is 89.8 cm³/mol. The van der Waals surface area contributed by atoms with Gasteiger partial charge in [-0.2, -0.15) is 0 Å². The SMILES string of the molecule is CN(C)c1ccc(CNS(=O)(=O)c2ccc(C(N)=O)cc2)cc1. The Morgan fingerprint density at radius 1 is 1.04 bits per heavy atom. The van der Waals surface area contributed by atoms with Crippen molar-refractivity contribution in [3.8, 4) is 0 Å². The quantitative estimate of drug-likeness (QED) is 0.834. The van der Waals surface area contributed by atoms with Gasteiger partial charge in [-0.1, -0.05) is 12.1 Å². The Hall–Kier alpha value is -2.38. The molecule has 2 aromatic carbocycles. The van der Waals surface area contributed by atoms with Gasteiger partial charge in [-0.15, -0.1) is 0 Å². The van der Waals surface area contributed by atoms with Gasteiger partial charge in [0.25, 0.3) is 0 Å². The van der Waals surface area contributed by atoms with Crippen molar-refractivity contribution >= 4 is 21.6 Å². The average molecular weight is 333 g/mol. The summed E-state index contributed by atoms with van der Waals surface area (Å²) >= 11 is 0. The fourth-order valence-electron chi connectivity index (χ4n) is 1.97. The Morgan fingerprint density at radius 3 is 2.09 bits per heavy atom. The number of nitrogens with zero attached hydrogens (tertiary/aromatic N) is 1. The summed E-state index contributed by atoms with van der Waals surface area (Å²) in [6.45, 7) is 0.188. The first-order valence-electron chi connectivity index (χ1n) is 6.95. The summed E-state index contributed by atoms with van der Waals surface area (Å²) < 4.78 is 27.0. The van der Waals surface area contributed by atoms with E-state index in [0.29, 0.717) is 0 Å². The molecule has 0 aliphatic carbocycles. The minimum absolute atomic E-state index is 0.0902.